The number of hydrogen-bond acceptors (Lipinski definition) is 2. The maximum atomic E-state index is 4.57. The van der Waals surface area contributed by atoms with Gasteiger partial charge in [-0.15, -0.1) is 0 Å². The second kappa shape index (κ2) is 5.66. The van der Waals surface area contributed by atoms with E-state index in [1.165, 1.54) is 31.5 Å². The molecule has 2 aliphatic rings. The molecule has 0 aliphatic heterocycles. The zero-order valence-corrected chi connectivity index (χ0v) is 12.3. The Balaban J connectivity index is 1.71. The molecule has 2 bridgehead atoms. The molecule has 0 spiro atoms. The first kappa shape index (κ1) is 13.2. The molecule has 2 fully saturated rings. The highest BCUT2D eigenvalue weighted by Crippen LogP contribution is 2.49. The van der Waals surface area contributed by atoms with Crippen LogP contribution >= 0.6 is 0 Å². The fraction of sp³-hybridized carbons (Fsp3) is 0.812. The van der Waals surface area contributed by atoms with Crippen molar-refractivity contribution in [1.82, 2.24) is 14.9 Å². The lowest BCUT2D eigenvalue weighted by molar-refractivity contribution is 0.245. The lowest BCUT2D eigenvalue weighted by Gasteiger charge is -2.31. The molecule has 2 aliphatic carbocycles. The monoisotopic (exact) mass is 261 g/mol. The molecule has 19 heavy (non-hydrogen) atoms. The van der Waals surface area contributed by atoms with Crippen LogP contribution in [0.15, 0.2) is 12.4 Å². The number of imidazole rings is 1. The molecule has 1 N–H and O–H groups in total. The van der Waals surface area contributed by atoms with Crippen molar-refractivity contribution in [2.24, 2.45) is 17.8 Å². The zero-order chi connectivity index (χ0) is 13.2. The van der Waals surface area contributed by atoms with Crippen molar-refractivity contribution in [3.63, 3.8) is 0 Å². The number of rotatable bonds is 6. The molecule has 3 rings (SSSR count). The molecule has 1 heterocycles. The van der Waals surface area contributed by atoms with E-state index < -0.39 is 0 Å². The predicted octanol–water partition coefficient (Wildman–Crippen LogP) is 2.86. The lowest BCUT2D eigenvalue weighted by Crippen LogP contribution is -2.41. The molecule has 106 valence electrons. The highest BCUT2D eigenvalue weighted by Gasteiger charge is 2.42. The van der Waals surface area contributed by atoms with Gasteiger partial charge in [0.15, 0.2) is 0 Å². The van der Waals surface area contributed by atoms with Gasteiger partial charge in [-0.05, 0) is 50.5 Å². The number of aryl methyl sites for hydroxylation is 1. The first-order valence-electron chi connectivity index (χ1n) is 8.05. The van der Waals surface area contributed by atoms with Crippen LogP contribution in [0, 0.1) is 17.8 Å². The van der Waals surface area contributed by atoms with Crippen LogP contribution in [0.5, 0.6) is 0 Å². The van der Waals surface area contributed by atoms with E-state index in [2.05, 4.69) is 34.9 Å². The minimum Gasteiger partial charge on any atom is -0.335 e. The van der Waals surface area contributed by atoms with E-state index in [-0.39, 0.29) is 0 Å². The van der Waals surface area contributed by atoms with E-state index in [9.17, 15) is 0 Å². The quantitative estimate of drug-likeness (QED) is 0.853. The number of hydrogen-bond donors (Lipinski definition) is 1. The fourth-order valence-electron chi connectivity index (χ4n) is 4.44. The second-order valence-electron chi connectivity index (χ2n) is 6.34. The Morgan fingerprint density at radius 1 is 1.37 bits per heavy atom. The van der Waals surface area contributed by atoms with E-state index in [0.29, 0.717) is 6.04 Å². The Hall–Kier alpha value is -0.830. The SMILES string of the molecule is CCNC(Cc1nccn1CC)C1CC2CCC1C2. The van der Waals surface area contributed by atoms with E-state index in [0.717, 1.165) is 37.3 Å². The van der Waals surface area contributed by atoms with Crippen molar-refractivity contribution in [3.8, 4) is 0 Å². The Bertz CT molecular complexity index is 412. The third-order valence-corrected chi connectivity index (χ3v) is 5.32. The van der Waals surface area contributed by atoms with Crippen LogP contribution in [0.2, 0.25) is 0 Å². The smallest absolute Gasteiger partial charge is 0.110 e. The van der Waals surface area contributed by atoms with Crippen LogP contribution < -0.4 is 5.32 Å². The van der Waals surface area contributed by atoms with Crippen LogP contribution in [0.1, 0.15) is 45.4 Å². The third-order valence-electron chi connectivity index (χ3n) is 5.32. The van der Waals surface area contributed by atoms with Crippen molar-refractivity contribution in [2.45, 2.75) is 58.5 Å². The van der Waals surface area contributed by atoms with Crippen molar-refractivity contribution >= 4 is 0 Å². The third kappa shape index (κ3) is 2.58. The summed E-state index contributed by atoms with van der Waals surface area (Å²) < 4.78 is 2.29. The first-order valence-corrected chi connectivity index (χ1v) is 8.05. The highest BCUT2D eigenvalue weighted by atomic mass is 15.1. The van der Waals surface area contributed by atoms with Gasteiger partial charge >= 0.3 is 0 Å². The van der Waals surface area contributed by atoms with Gasteiger partial charge in [-0.2, -0.15) is 0 Å². The molecule has 4 atom stereocenters. The summed E-state index contributed by atoms with van der Waals surface area (Å²) in [4.78, 5) is 4.57. The van der Waals surface area contributed by atoms with Gasteiger partial charge in [0.05, 0.1) is 0 Å². The molecule has 1 aromatic rings. The average molecular weight is 261 g/mol. The van der Waals surface area contributed by atoms with Gasteiger partial charge in [0.1, 0.15) is 5.82 Å². The van der Waals surface area contributed by atoms with Gasteiger partial charge in [0, 0.05) is 31.4 Å². The molecule has 0 amide bonds. The molecule has 0 saturated heterocycles. The molecular weight excluding hydrogens is 234 g/mol. The zero-order valence-electron chi connectivity index (χ0n) is 12.3. The topological polar surface area (TPSA) is 29.9 Å². The van der Waals surface area contributed by atoms with Crippen molar-refractivity contribution in [1.29, 1.82) is 0 Å². The fourth-order valence-corrected chi connectivity index (χ4v) is 4.44. The maximum Gasteiger partial charge on any atom is 0.110 e. The summed E-state index contributed by atoms with van der Waals surface area (Å²) in [5.74, 6) is 4.16. The number of nitrogens with zero attached hydrogens (tertiary/aromatic N) is 2. The molecular formula is C16H27N3. The minimum atomic E-state index is 0.632. The highest BCUT2D eigenvalue weighted by molar-refractivity contribution is 5.01. The van der Waals surface area contributed by atoms with Crippen LogP contribution in [0.25, 0.3) is 0 Å². The van der Waals surface area contributed by atoms with Crippen molar-refractivity contribution in [3.05, 3.63) is 18.2 Å². The summed E-state index contributed by atoms with van der Waals surface area (Å²) in [6, 6.07) is 0.632. The van der Waals surface area contributed by atoms with Crippen LogP contribution in [-0.2, 0) is 13.0 Å². The summed E-state index contributed by atoms with van der Waals surface area (Å²) in [6.45, 7) is 6.54. The standard InChI is InChI=1S/C16H27N3/c1-3-17-15(11-16-18-7-8-19(16)4-2)14-10-12-5-6-13(14)9-12/h7-8,12-15,17H,3-6,9-11H2,1-2H3. The number of aromatic nitrogens is 2. The van der Waals surface area contributed by atoms with E-state index in [4.69, 9.17) is 0 Å². The Morgan fingerprint density at radius 3 is 2.89 bits per heavy atom. The summed E-state index contributed by atoms with van der Waals surface area (Å²) in [5, 5.41) is 3.75. The number of likely N-dealkylation sites (N-methyl/N-ethyl adjacent to an activating group) is 1. The van der Waals surface area contributed by atoms with Gasteiger partial charge in [-0.3, -0.25) is 0 Å². The number of nitrogens with one attached hydrogen (secondary N) is 1. The maximum absolute atomic E-state index is 4.57. The van der Waals surface area contributed by atoms with Gasteiger partial charge in [0.25, 0.3) is 0 Å². The average Bonchev–Trinajstić information content (AvgIpc) is 3.13. The second-order valence-corrected chi connectivity index (χ2v) is 6.34. The largest absolute Gasteiger partial charge is 0.335 e. The molecule has 4 unspecified atom stereocenters. The summed E-state index contributed by atoms with van der Waals surface area (Å²) in [7, 11) is 0. The molecule has 3 nitrogen and oxygen atoms in total. The van der Waals surface area contributed by atoms with Gasteiger partial charge in [-0.1, -0.05) is 13.3 Å². The van der Waals surface area contributed by atoms with Gasteiger partial charge < -0.3 is 9.88 Å². The number of fused-ring (bicyclic) bond motifs is 2. The first-order chi connectivity index (χ1) is 9.31. The van der Waals surface area contributed by atoms with E-state index in [1.807, 2.05) is 6.20 Å². The molecule has 0 radical (unpaired) electrons. The van der Waals surface area contributed by atoms with Crippen molar-refractivity contribution < 1.29 is 0 Å². The Labute approximate surface area is 116 Å². The predicted molar refractivity (Wildman–Crippen MR) is 78.0 cm³/mol. The molecule has 3 heteroatoms. The molecule has 1 aromatic heterocycles. The van der Waals surface area contributed by atoms with Gasteiger partial charge in [-0.25, -0.2) is 4.98 Å². The van der Waals surface area contributed by atoms with E-state index >= 15 is 0 Å². The minimum absolute atomic E-state index is 0.632. The van der Waals surface area contributed by atoms with Gasteiger partial charge in [0.2, 0.25) is 0 Å². The summed E-state index contributed by atoms with van der Waals surface area (Å²) in [5.41, 5.74) is 0. The van der Waals surface area contributed by atoms with Crippen LogP contribution in [-0.4, -0.2) is 22.1 Å². The Morgan fingerprint density at radius 2 is 2.26 bits per heavy atom. The lowest BCUT2D eigenvalue weighted by atomic mass is 9.82. The molecule has 0 aromatic carbocycles. The Kier molecular flexibility index (Phi) is 3.92. The van der Waals surface area contributed by atoms with Crippen molar-refractivity contribution in [2.75, 3.05) is 6.54 Å². The van der Waals surface area contributed by atoms with E-state index in [1.54, 1.807) is 0 Å². The summed E-state index contributed by atoms with van der Waals surface area (Å²) in [6.07, 6.45) is 11.1. The molecule has 2 saturated carbocycles. The van der Waals surface area contributed by atoms with Crippen LogP contribution in [0.3, 0.4) is 0 Å². The summed E-state index contributed by atoms with van der Waals surface area (Å²) >= 11 is 0. The normalized spacial score (nSPS) is 30.9. The van der Waals surface area contributed by atoms with Crippen LogP contribution in [0.4, 0.5) is 0 Å².